The molecule has 0 bridgehead atoms. The maximum absolute atomic E-state index is 13.5. The standard InChI is InChI=1S/C12H22F2N2O2/c1-2-3-7-18-11(17)16-6-4-5-12(15,9-16)10(14)8-13/h10H,2-9,15H2,1H3. The third kappa shape index (κ3) is 3.80. The smallest absolute Gasteiger partial charge is 0.409 e. The van der Waals surface area contributed by atoms with Crippen LogP contribution in [0.2, 0.25) is 0 Å². The van der Waals surface area contributed by atoms with Gasteiger partial charge in [-0.15, -0.1) is 0 Å². The molecule has 4 nitrogen and oxygen atoms in total. The number of halogens is 2. The minimum atomic E-state index is -1.73. The quantitative estimate of drug-likeness (QED) is 0.773. The number of amides is 1. The molecule has 0 aliphatic carbocycles. The Bertz CT molecular complexity index is 279. The highest BCUT2D eigenvalue weighted by Gasteiger charge is 2.41. The highest BCUT2D eigenvalue weighted by Crippen LogP contribution is 2.25. The molecule has 106 valence electrons. The Morgan fingerprint density at radius 2 is 2.33 bits per heavy atom. The number of unbranched alkanes of at least 4 members (excludes halogenated alkanes) is 1. The minimum absolute atomic E-state index is 0.0169. The number of nitrogens with zero attached hydrogens (tertiary/aromatic N) is 1. The van der Waals surface area contributed by atoms with Gasteiger partial charge >= 0.3 is 6.09 Å². The normalized spacial score (nSPS) is 25.9. The molecule has 0 saturated carbocycles. The van der Waals surface area contributed by atoms with Gasteiger partial charge in [0.15, 0.2) is 0 Å². The number of hydrogen-bond donors (Lipinski definition) is 1. The molecule has 0 spiro atoms. The summed E-state index contributed by atoms with van der Waals surface area (Å²) in [5, 5.41) is 0. The van der Waals surface area contributed by atoms with Crippen molar-refractivity contribution in [3.8, 4) is 0 Å². The Kier molecular flexibility index (Phi) is 5.78. The lowest BCUT2D eigenvalue weighted by molar-refractivity contribution is 0.0474. The van der Waals surface area contributed by atoms with Gasteiger partial charge in [0.05, 0.1) is 12.1 Å². The average molecular weight is 264 g/mol. The Balaban J connectivity index is 2.50. The zero-order chi connectivity index (χ0) is 13.6. The van der Waals surface area contributed by atoms with E-state index < -0.39 is 24.5 Å². The number of nitrogens with two attached hydrogens (primary N) is 1. The van der Waals surface area contributed by atoms with Crippen LogP contribution in [0.5, 0.6) is 0 Å². The Morgan fingerprint density at radius 1 is 1.61 bits per heavy atom. The summed E-state index contributed by atoms with van der Waals surface area (Å²) in [4.78, 5) is 13.1. The van der Waals surface area contributed by atoms with E-state index in [0.29, 0.717) is 26.0 Å². The van der Waals surface area contributed by atoms with Crippen LogP contribution in [0.3, 0.4) is 0 Å². The number of carbonyl (C=O) groups excluding carboxylic acids is 1. The number of rotatable bonds is 5. The summed E-state index contributed by atoms with van der Waals surface area (Å²) in [5.41, 5.74) is 4.55. The molecule has 1 aliphatic rings. The first-order chi connectivity index (χ1) is 8.53. The van der Waals surface area contributed by atoms with Crippen molar-refractivity contribution in [3.63, 3.8) is 0 Å². The molecule has 0 radical (unpaired) electrons. The fourth-order valence-electron chi connectivity index (χ4n) is 2.07. The number of alkyl halides is 2. The Labute approximate surface area is 106 Å². The summed E-state index contributed by atoms with van der Waals surface area (Å²) >= 11 is 0. The van der Waals surface area contributed by atoms with E-state index in [1.165, 1.54) is 4.90 Å². The van der Waals surface area contributed by atoms with Crippen molar-refractivity contribution in [3.05, 3.63) is 0 Å². The van der Waals surface area contributed by atoms with Gasteiger partial charge in [0, 0.05) is 13.1 Å². The van der Waals surface area contributed by atoms with Gasteiger partial charge < -0.3 is 15.4 Å². The fraction of sp³-hybridized carbons (Fsp3) is 0.917. The van der Waals surface area contributed by atoms with E-state index in [2.05, 4.69) is 0 Å². The number of likely N-dealkylation sites (tertiary alicyclic amines) is 1. The van der Waals surface area contributed by atoms with E-state index in [4.69, 9.17) is 10.5 Å². The monoisotopic (exact) mass is 264 g/mol. The SMILES string of the molecule is CCCCOC(=O)N1CCCC(N)(C(F)CF)C1. The summed E-state index contributed by atoms with van der Waals surface area (Å²) in [7, 11) is 0. The molecule has 2 unspecified atom stereocenters. The molecule has 2 atom stereocenters. The van der Waals surface area contributed by atoms with Crippen molar-refractivity contribution in [2.45, 2.75) is 44.3 Å². The van der Waals surface area contributed by atoms with Gasteiger partial charge in [-0.25, -0.2) is 13.6 Å². The van der Waals surface area contributed by atoms with Crippen LogP contribution in [0.4, 0.5) is 13.6 Å². The molecule has 1 amide bonds. The molecule has 1 rings (SSSR count). The molecular weight excluding hydrogens is 242 g/mol. The lowest BCUT2D eigenvalue weighted by Gasteiger charge is -2.40. The second-order valence-electron chi connectivity index (χ2n) is 4.85. The molecule has 1 aliphatic heterocycles. The third-order valence-corrected chi connectivity index (χ3v) is 3.30. The van der Waals surface area contributed by atoms with Gasteiger partial charge in [-0.2, -0.15) is 0 Å². The number of hydrogen-bond acceptors (Lipinski definition) is 3. The largest absolute Gasteiger partial charge is 0.449 e. The summed E-state index contributed by atoms with van der Waals surface area (Å²) in [6, 6.07) is 0. The second-order valence-corrected chi connectivity index (χ2v) is 4.85. The number of piperidine rings is 1. The first-order valence-electron chi connectivity index (χ1n) is 6.44. The molecule has 1 fully saturated rings. The fourth-order valence-corrected chi connectivity index (χ4v) is 2.07. The minimum Gasteiger partial charge on any atom is -0.449 e. The Morgan fingerprint density at radius 3 is 2.94 bits per heavy atom. The molecule has 2 N–H and O–H groups in total. The topological polar surface area (TPSA) is 55.6 Å². The zero-order valence-corrected chi connectivity index (χ0v) is 10.8. The van der Waals surface area contributed by atoms with Crippen molar-refractivity contribution < 1.29 is 18.3 Å². The van der Waals surface area contributed by atoms with Crippen LogP contribution in [0, 0.1) is 0 Å². The first-order valence-corrected chi connectivity index (χ1v) is 6.44. The van der Waals surface area contributed by atoms with Gasteiger partial charge in [0.1, 0.15) is 12.8 Å². The van der Waals surface area contributed by atoms with Crippen LogP contribution in [0.15, 0.2) is 0 Å². The maximum Gasteiger partial charge on any atom is 0.409 e. The van der Waals surface area contributed by atoms with Crippen LogP contribution in [0.25, 0.3) is 0 Å². The van der Waals surface area contributed by atoms with E-state index in [1.54, 1.807) is 0 Å². The van der Waals surface area contributed by atoms with E-state index in [1.807, 2.05) is 6.92 Å². The van der Waals surface area contributed by atoms with E-state index in [0.717, 1.165) is 12.8 Å². The summed E-state index contributed by atoms with van der Waals surface area (Å²) in [5.74, 6) is 0. The predicted molar refractivity (Wildman–Crippen MR) is 64.9 cm³/mol. The van der Waals surface area contributed by atoms with Crippen LogP contribution in [-0.2, 0) is 4.74 Å². The molecular formula is C12H22F2N2O2. The molecule has 6 heteroatoms. The first kappa shape index (κ1) is 15.1. The lowest BCUT2D eigenvalue weighted by Crippen LogP contribution is -2.61. The molecule has 0 aromatic carbocycles. The molecule has 0 aromatic rings. The molecule has 0 aromatic heterocycles. The third-order valence-electron chi connectivity index (χ3n) is 3.30. The summed E-state index contributed by atoms with van der Waals surface area (Å²) in [6.45, 7) is 1.74. The summed E-state index contributed by atoms with van der Waals surface area (Å²) < 4.78 is 30.9. The van der Waals surface area contributed by atoms with Gasteiger partial charge in [0.25, 0.3) is 0 Å². The Hall–Kier alpha value is -0.910. The molecule has 1 saturated heterocycles. The maximum atomic E-state index is 13.5. The van der Waals surface area contributed by atoms with E-state index in [9.17, 15) is 13.6 Å². The van der Waals surface area contributed by atoms with Crippen molar-refractivity contribution in [2.75, 3.05) is 26.4 Å². The van der Waals surface area contributed by atoms with E-state index >= 15 is 0 Å². The van der Waals surface area contributed by atoms with Crippen LogP contribution in [0.1, 0.15) is 32.6 Å². The summed E-state index contributed by atoms with van der Waals surface area (Å²) in [6.07, 6.45) is 0.468. The second kappa shape index (κ2) is 6.87. The zero-order valence-electron chi connectivity index (χ0n) is 10.8. The molecule has 1 heterocycles. The molecule has 18 heavy (non-hydrogen) atoms. The predicted octanol–water partition coefficient (Wildman–Crippen LogP) is 2.02. The van der Waals surface area contributed by atoms with Gasteiger partial charge in [-0.3, -0.25) is 0 Å². The van der Waals surface area contributed by atoms with Crippen molar-refractivity contribution >= 4 is 6.09 Å². The highest BCUT2D eigenvalue weighted by molar-refractivity contribution is 5.67. The number of carbonyl (C=O) groups is 1. The van der Waals surface area contributed by atoms with Crippen LogP contribution < -0.4 is 5.73 Å². The van der Waals surface area contributed by atoms with Crippen molar-refractivity contribution in [2.24, 2.45) is 5.73 Å². The van der Waals surface area contributed by atoms with Gasteiger partial charge in [0.2, 0.25) is 0 Å². The van der Waals surface area contributed by atoms with Crippen LogP contribution >= 0.6 is 0 Å². The number of ether oxygens (including phenoxy) is 1. The van der Waals surface area contributed by atoms with Gasteiger partial charge in [-0.1, -0.05) is 13.3 Å². The highest BCUT2D eigenvalue weighted by atomic mass is 19.2. The van der Waals surface area contributed by atoms with Gasteiger partial charge in [-0.05, 0) is 19.3 Å². The van der Waals surface area contributed by atoms with Crippen molar-refractivity contribution in [1.82, 2.24) is 4.90 Å². The van der Waals surface area contributed by atoms with Crippen molar-refractivity contribution in [1.29, 1.82) is 0 Å². The lowest BCUT2D eigenvalue weighted by atomic mass is 9.86. The van der Waals surface area contributed by atoms with E-state index in [-0.39, 0.29) is 6.54 Å². The van der Waals surface area contributed by atoms with Crippen LogP contribution in [-0.4, -0.2) is 49.1 Å². The average Bonchev–Trinajstić information content (AvgIpc) is 2.38.